The monoisotopic (exact) mass is 330 g/mol. The van der Waals surface area contributed by atoms with E-state index in [1.165, 1.54) is 6.26 Å². The molecule has 1 aromatic carbocycles. The number of carbonyl (C=O) groups excluding carboxylic acids is 2. The van der Waals surface area contributed by atoms with Gasteiger partial charge in [-0.2, -0.15) is 0 Å². The molecule has 0 fully saturated rings. The number of hydrogen-bond donors (Lipinski definition) is 2. The molecule has 1 heterocycles. The zero-order chi connectivity index (χ0) is 17.5. The van der Waals surface area contributed by atoms with E-state index < -0.39 is 0 Å². The van der Waals surface area contributed by atoms with E-state index in [0.717, 1.165) is 11.3 Å². The molecule has 6 nitrogen and oxygen atoms in total. The lowest BCUT2D eigenvalue weighted by molar-refractivity contribution is -0.120. The van der Waals surface area contributed by atoms with Gasteiger partial charge >= 0.3 is 0 Å². The first-order valence-electron chi connectivity index (χ1n) is 7.81. The summed E-state index contributed by atoms with van der Waals surface area (Å²) in [5.41, 5.74) is 1.34. The van der Waals surface area contributed by atoms with Crippen molar-refractivity contribution < 1.29 is 18.7 Å². The summed E-state index contributed by atoms with van der Waals surface area (Å²) in [6.07, 6.45) is 2.15. The maximum absolute atomic E-state index is 12.2. The number of benzene rings is 1. The number of rotatable bonds is 7. The highest BCUT2D eigenvalue weighted by molar-refractivity contribution is 5.97. The molecule has 0 bridgehead atoms. The van der Waals surface area contributed by atoms with Gasteiger partial charge in [0, 0.05) is 5.56 Å². The number of amides is 2. The van der Waals surface area contributed by atoms with E-state index in [1.54, 1.807) is 20.1 Å². The minimum atomic E-state index is -0.332. The molecule has 2 N–H and O–H groups in total. The molecule has 0 spiro atoms. The molecule has 128 valence electrons. The molecule has 1 aromatic heterocycles. The fraction of sp³-hybridized carbons (Fsp3) is 0.333. The molecule has 24 heavy (non-hydrogen) atoms. The zero-order valence-corrected chi connectivity index (χ0v) is 14.1. The lowest BCUT2D eigenvalue weighted by Crippen LogP contribution is -2.38. The Morgan fingerprint density at radius 3 is 2.62 bits per heavy atom. The van der Waals surface area contributed by atoms with Crippen LogP contribution in [0.25, 0.3) is 0 Å². The summed E-state index contributed by atoms with van der Waals surface area (Å²) in [6, 6.07) is 8.95. The highest BCUT2D eigenvalue weighted by Gasteiger charge is 2.18. The Bertz CT molecular complexity index is 709. The van der Waals surface area contributed by atoms with Gasteiger partial charge in [0.1, 0.15) is 11.5 Å². The Balaban J connectivity index is 1.95. The second-order valence-corrected chi connectivity index (χ2v) is 5.34. The predicted molar refractivity (Wildman–Crippen MR) is 89.9 cm³/mol. The molecule has 0 aliphatic rings. The van der Waals surface area contributed by atoms with E-state index in [4.69, 9.17) is 9.15 Å². The van der Waals surface area contributed by atoms with Crippen molar-refractivity contribution in [1.29, 1.82) is 0 Å². The Labute approximate surface area is 141 Å². The van der Waals surface area contributed by atoms with Crippen LogP contribution in [0.2, 0.25) is 0 Å². The second kappa shape index (κ2) is 8.19. The highest BCUT2D eigenvalue weighted by atomic mass is 16.5. The molecule has 2 aromatic rings. The van der Waals surface area contributed by atoms with Crippen molar-refractivity contribution in [3.05, 3.63) is 53.5 Å². The van der Waals surface area contributed by atoms with E-state index >= 15 is 0 Å². The number of nitrogens with one attached hydrogen (secondary N) is 2. The number of carbonyl (C=O) groups is 2. The Morgan fingerprint density at radius 1 is 1.25 bits per heavy atom. The molecule has 0 saturated heterocycles. The molecule has 0 radical (unpaired) electrons. The van der Waals surface area contributed by atoms with Crippen LogP contribution in [-0.4, -0.2) is 25.5 Å². The molecule has 0 unspecified atom stereocenters. The number of hydrogen-bond acceptors (Lipinski definition) is 4. The number of furan rings is 1. The number of aryl methyl sites for hydroxylation is 1. The quantitative estimate of drug-likeness (QED) is 0.818. The summed E-state index contributed by atoms with van der Waals surface area (Å²) in [6.45, 7) is 3.57. The molecular weight excluding hydrogens is 308 g/mol. The number of ether oxygens (including phenoxy) is 1. The summed E-state index contributed by atoms with van der Waals surface area (Å²) in [5.74, 6) is 0.653. The van der Waals surface area contributed by atoms with Gasteiger partial charge in [-0.1, -0.05) is 25.1 Å². The standard InChI is InChI=1S/C18H22N2O4/c1-4-15(14-7-5-6-8-16(14)23-3)20-17(21)11-19-18(22)13-9-10-24-12(13)2/h5-10,15H,4,11H2,1-3H3,(H,19,22)(H,20,21)/t15-/m0/s1. The van der Waals surface area contributed by atoms with Gasteiger partial charge < -0.3 is 19.8 Å². The van der Waals surface area contributed by atoms with Crippen LogP contribution in [0.3, 0.4) is 0 Å². The molecular formula is C18H22N2O4. The van der Waals surface area contributed by atoms with E-state index in [2.05, 4.69) is 10.6 Å². The largest absolute Gasteiger partial charge is 0.496 e. The van der Waals surface area contributed by atoms with Crippen LogP contribution in [0.5, 0.6) is 5.75 Å². The molecule has 0 aliphatic heterocycles. The third-order valence-electron chi connectivity index (χ3n) is 3.77. The van der Waals surface area contributed by atoms with Crippen LogP contribution in [0.15, 0.2) is 41.0 Å². The van der Waals surface area contributed by atoms with Gasteiger partial charge in [0.15, 0.2) is 0 Å². The fourth-order valence-electron chi connectivity index (χ4n) is 2.48. The number of para-hydroxylation sites is 1. The van der Waals surface area contributed by atoms with Crippen LogP contribution in [0.1, 0.15) is 41.1 Å². The molecule has 0 saturated carbocycles. The zero-order valence-electron chi connectivity index (χ0n) is 14.1. The summed E-state index contributed by atoms with van der Waals surface area (Å²) < 4.78 is 10.4. The van der Waals surface area contributed by atoms with E-state index in [-0.39, 0.29) is 24.4 Å². The van der Waals surface area contributed by atoms with Gasteiger partial charge in [0.2, 0.25) is 5.91 Å². The average Bonchev–Trinajstić information content (AvgIpc) is 3.03. The maximum Gasteiger partial charge on any atom is 0.255 e. The van der Waals surface area contributed by atoms with Crippen molar-refractivity contribution in [2.45, 2.75) is 26.3 Å². The van der Waals surface area contributed by atoms with E-state index in [0.29, 0.717) is 17.7 Å². The first-order chi connectivity index (χ1) is 11.6. The van der Waals surface area contributed by atoms with Crippen molar-refractivity contribution in [3.63, 3.8) is 0 Å². The lowest BCUT2D eigenvalue weighted by Gasteiger charge is -2.20. The SMILES string of the molecule is CC[C@H](NC(=O)CNC(=O)c1ccoc1C)c1ccccc1OC. The van der Waals surface area contributed by atoms with Gasteiger partial charge in [-0.3, -0.25) is 9.59 Å². The molecule has 2 rings (SSSR count). The Hall–Kier alpha value is -2.76. The van der Waals surface area contributed by atoms with Crippen LogP contribution in [0.4, 0.5) is 0 Å². The van der Waals surface area contributed by atoms with E-state index in [1.807, 2.05) is 31.2 Å². The first kappa shape index (κ1) is 17.6. The molecule has 0 aliphatic carbocycles. The van der Waals surface area contributed by atoms with Crippen molar-refractivity contribution in [2.75, 3.05) is 13.7 Å². The summed E-state index contributed by atoms with van der Waals surface area (Å²) in [7, 11) is 1.60. The van der Waals surface area contributed by atoms with Crippen LogP contribution in [0, 0.1) is 6.92 Å². The van der Waals surface area contributed by atoms with Crippen LogP contribution < -0.4 is 15.4 Å². The molecule has 1 atom stereocenters. The Kier molecular flexibility index (Phi) is 6.01. The van der Waals surface area contributed by atoms with Crippen molar-refractivity contribution in [1.82, 2.24) is 10.6 Å². The summed E-state index contributed by atoms with van der Waals surface area (Å²) in [5, 5.41) is 5.51. The summed E-state index contributed by atoms with van der Waals surface area (Å²) in [4.78, 5) is 24.1. The minimum absolute atomic E-state index is 0.102. The van der Waals surface area contributed by atoms with Gasteiger partial charge in [-0.05, 0) is 25.5 Å². The van der Waals surface area contributed by atoms with Crippen molar-refractivity contribution in [3.8, 4) is 5.75 Å². The summed E-state index contributed by atoms with van der Waals surface area (Å²) >= 11 is 0. The lowest BCUT2D eigenvalue weighted by atomic mass is 10.0. The normalized spacial score (nSPS) is 11.6. The van der Waals surface area contributed by atoms with Gasteiger partial charge in [-0.15, -0.1) is 0 Å². The van der Waals surface area contributed by atoms with Crippen molar-refractivity contribution >= 4 is 11.8 Å². The second-order valence-electron chi connectivity index (χ2n) is 5.34. The third kappa shape index (κ3) is 4.16. The van der Waals surface area contributed by atoms with Gasteiger partial charge in [0.25, 0.3) is 5.91 Å². The highest BCUT2D eigenvalue weighted by Crippen LogP contribution is 2.26. The van der Waals surface area contributed by atoms with Crippen LogP contribution in [-0.2, 0) is 4.79 Å². The van der Waals surface area contributed by atoms with Crippen LogP contribution >= 0.6 is 0 Å². The van der Waals surface area contributed by atoms with Crippen molar-refractivity contribution in [2.24, 2.45) is 0 Å². The Morgan fingerprint density at radius 2 is 2.00 bits per heavy atom. The van der Waals surface area contributed by atoms with Gasteiger partial charge in [-0.25, -0.2) is 0 Å². The molecule has 2 amide bonds. The van der Waals surface area contributed by atoms with E-state index in [9.17, 15) is 9.59 Å². The number of methoxy groups -OCH3 is 1. The van der Waals surface area contributed by atoms with Gasteiger partial charge in [0.05, 0.1) is 31.5 Å². The predicted octanol–water partition coefficient (Wildman–Crippen LogP) is 2.59. The average molecular weight is 330 g/mol. The first-order valence-corrected chi connectivity index (χ1v) is 7.81. The topological polar surface area (TPSA) is 80.6 Å². The molecule has 6 heteroatoms. The third-order valence-corrected chi connectivity index (χ3v) is 3.77. The maximum atomic E-state index is 12.2. The fourth-order valence-corrected chi connectivity index (χ4v) is 2.48. The minimum Gasteiger partial charge on any atom is -0.496 e. The smallest absolute Gasteiger partial charge is 0.255 e.